The van der Waals surface area contributed by atoms with Crippen molar-refractivity contribution in [1.82, 2.24) is 10.3 Å². The van der Waals surface area contributed by atoms with E-state index < -0.39 is 0 Å². The summed E-state index contributed by atoms with van der Waals surface area (Å²) in [6, 6.07) is 5.74. The number of rotatable bonds is 2. The van der Waals surface area contributed by atoms with Gasteiger partial charge in [-0.15, -0.1) is 0 Å². The highest BCUT2D eigenvalue weighted by molar-refractivity contribution is 9.10. The quantitative estimate of drug-likeness (QED) is 0.823. The highest BCUT2D eigenvalue weighted by atomic mass is 79.9. The molecule has 1 saturated heterocycles. The highest BCUT2D eigenvalue weighted by Crippen LogP contribution is 2.20. The van der Waals surface area contributed by atoms with Gasteiger partial charge in [-0.3, -0.25) is 4.79 Å². The molecule has 92 valence electrons. The van der Waals surface area contributed by atoms with Gasteiger partial charge in [0, 0.05) is 6.04 Å². The van der Waals surface area contributed by atoms with Gasteiger partial charge in [-0.05, 0) is 47.3 Å². The molecule has 0 saturated carbocycles. The van der Waals surface area contributed by atoms with Gasteiger partial charge in [-0.25, -0.2) is 4.98 Å². The van der Waals surface area contributed by atoms with Crippen molar-refractivity contribution >= 4 is 27.7 Å². The first kappa shape index (κ1) is 12.5. The van der Waals surface area contributed by atoms with Crippen LogP contribution in [-0.4, -0.2) is 23.0 Å². The van der Waals surface area contributed by atoms with Crippen molar-refractivity contribution in [3.8, 4) is 0 Å². The minimum atomic E-state index is -0.110. The summed E-state index contributed by atoms with van der Waals surface area (Å²) in [6.45, 7) is 4.26. The third kappa shape index (κ3) is 3.04. The molecule has 0 aliphatic carbocycles. The van der Waals surface area contributed by atoms with E-state index in [9.17, 15) is 4.79 Å². The lowest BCUT2D eigenvalue weighted by Gasteiger charge is -2.11. The second-order valence-electron chi connectivity index (χ2n) is 4.56. The monoisotopic (exact) mass is 297 g/mol. The van der Waals surface area contributed by atoms with Crippen LogP contribution in [0.25, 0.3) is 0 Å². The summed E-state index contributed by atoms with van der Waals surface area (Å²) in [4.78, 5) is 16.2. The first-order valence-corrected chi connectivity index (χ1v) is 6.55. The Morgan fingerprint density at radius 1 is 1.53 bits per heavy atom. The minimum absolute atomic E-state index is 0.00759. The normalized spacial score (nSPS) is 28.1. The van der Waals surface area contributed by atoms with E-state index in [1.54, 1.807) is 6.07 Å². The molecule has 17 heavy (non-hydrogen) atoms. The number of nitrogens with one attached hydrogen (secondary N) is 2. The van der Waals surface area contributed by atoms with Gasteiger partial charge >= 0.3 is 0 Å². The van der Waals surface area contributed by atoms with Crippen LogP contribution in [0.15, 0.2) is 22.8 Å². The molecule has 1 aromatic heterocycles. The Morgan fingerprint density at radius 2 is 2.29 bits per heavy atom. The zero-order valence-corrected chi connectivity index (χ0v) is 11.5. The molecule has 0 bridgehead atoms. The second-order valence-corrected chi connectivity index (χ2v) is 5.37. The minimum Gasteiger partial charge on any atom is -0.309 e. The van der Waals surface area contributed by atoms with Crippen LogP contribution in [0.5, 0.6) is 0 Å². The Morgan fingerprint density at radius 3 is 2.88 bits per heavy atom. The highest BCUT2D eigenvalue weighted by Gasteiger charge is 2.32. The second kappa shape index (κ2) is 5.14. The van der Waals surface area contributed by atoms with E-state index in [1.807, 2.05) is 12.1 Å². The standard InChI is InChI=1S/C12H16BrN3O/c1-7-6-9(14-8(7)2)12(17)16-11-5-3-4-10(13)15-11/h3-5,7-9,14H,6H2,1-2H3,(H,15,16,17)/t7-,8+,9-/m0/s1. The molecule has 1 aliphatic rings. The molecular weight excluding hydrogens is 282 g/mol. The Labute approximate surface area is 109 Å². The topological polar surface area (TPSA) is 54.0 Å². The number of anilines is 1. The molecule has 1 fully saturated rings. The third-order valence-corrected chi connectivity index (χ3v) is 3.65. The maximum atomic E-state index is 12.0. The fraction of sp³-hybridized carbons (Fsp3) is 0.500. The average Bonchev–Trinajstić information content (AvgIpc) is 2.59. The van der Waals surface area contributed by atoms with Crippen LogP contribution in [0.4, 0.5) is 5.82 Å². The number of aromatic nitrogens is 1. The maximum absolute atomic E-state index is 12.0. The number of nitrogens with zero attached hydrogens (tertiary/aromatic N) is 1. The van der Waals surface area contributed by atoms with Crippen molar-refractivity contribution in [2.24, 2.45) is 5.92 Å². The largest absolute Gasteiger partial charge is 0.309 e. The summed E-state index contributed by atoms with van der Waals surface area (Å²) in [6.07, 6.45) is 0.876. The van der Waals surface area contributed by atoms with Gasteiger partial charge in [0.05, 0.1) is 6.04 Å². The van der Waals surface area contributed by atoms with Crippen LogP contribution < -0.4 is 10.6 Å². The van der Waals surface area contributed by atoms with Crippen molar-refractivity contribution in [2.45, 2.75) is 32.4 Å². The zero-order valence-electron chi connectivity index (χ0n) is 9.90. The fourth-order valence-electron chi connectivity index (χ4n) is 2.00. The fourth-order valence-corrected chi connectivity index (χ4v) is 2.34. The van der Waals surface area contributed by atoms with E-state index in [1.165, 1.54) is 0 Å². The van der Waals surface area contributed by atoms with Crippen molar-refractivity contribution < 1.29 is 4.79 Å². The Bertz CT molecular complexity index is 414. The summed E-state index contributed by atoms with van der Waals surface area (Å²) < 4.78 is 0.719. The summed E-state index contributed by atoms with van der Waals surface area (Å²) >= 11 is 3.28. The Hall–Kier alpha value is -0.940. The Balaban J connectivity index is 1.98. The van der Waals surface area contributed by atoms with E-state index in [0.29, 0.717) is 17.8 Å². The third-order valence-electron chi connectivity index (χ3n) is 3.21. The molecule has 2 N–H and O–H groups in total. The van der Waals surface area contributed by atoms with E-state index in [4.69, 9.17) is 0 Å². The van der Waals surface area contributed by atoms with Gasteiger partial charge in [0.2, 0.25) is 5.91 Å². The van der Waals surface area contributed by atoms with Crippen LogP contribution in [0, 0.1) is 5.92 Å². The lowest BCUT2D eigenvalue weighted by molar-refractivity contribution is -0.117. The molecule has 3 atom stereocenters. The summed E-state index contributed by atoms with van der Waals surface area (Å²) in [5, 5.41) is 6.11. The van der Waals surface area contributed by atoms with Crippen LogP contribution in [0.3, 0.4) is 0 Å². The van der Waals surface area contributed by atoms with Crippen LogP contribution in [0.2, 0.25) is 0 Å². The predicted molar refractivity (Wildman–Crippen MR) is 70.7 cm³/mol. The van der Waals surface area contributed by atoms with Gasteiger partial charge in [0.15, 0.2) is 0 Å². The molecule has 4 nitrogen and oxygen atoms in total. The first-order chi connectivity index (χ1) is 8.06. The average molecular weight is 298 g/mol. The van der Waals surface area contributed by atoms with Gasteiger partial charge in [-0.1, -0.05) is 13.0 Å². The lowest BCUT2D eigenvalue weighted by Crippen LogP contribution is -2.38. The van der Waals surface area contributed by atoms with Crippen molar-refractivity contribution in [3.05, 3.63) is 22.8 Å². The lowest BCUT2D eigenvalue weighted by atomic mass is 10.0. The number of amides is 1. The SMILES string of the molecule is C[C@H]1C[C@@H](C(=O)Nc2cccc(Br)n2)N[C@@H]1C. The molecule has 0 radical (unpaired) electrons. The van der Waals surface area contributed by atoms with Crippen LogP contribution >= 0.6 is 15.9 Å². The van der Waals surface area contributed by atoms with Crippen LogP contribution in [-0.2, 0) is 4.79 Å². The number of halogens is 1. The van der Waals surface area contributed by atoms with Crippen molar-refractivity contribution in [1.29, 1.82) is 0 Å². The molecule has 1 aliphatic heterocycles. The van der Waals surface area contributed by atoms with Crippen molar-refractivity contribution in [2.75, 3.05) is 5.32 Å². The molecule has 2 rings (SSSR count). The number of hydrogen-bond acceptors (Lipinski definition) is 3. The number of carbonyl (C=O) groups is 1. The van der Waals surface area contributed by atoms with E-state index in [2.05, 4.69) is 45.4 Å². The molecule has 0 unspecified atom stereocenters. The first-order valence-electron chi connectivity index (χ1n) is 5.75. The molecular formula is C12H16BrN3O. The van der Waals surface area contributed by atoms with E-state index in [-0.39, 0.29) is 11.9 Å². The number of pyridine rings is 1. The van der Waals surface area contributed by atoms with Gasteiger partial charge in [0.1, 0.15) is 10.4 Å². The molecule has 0 aromatic carbocycles. The molecule has 1 aromatic rings. The van der Waals surface area contributed by atoms with Gasteiger partial charge < -0.3 is 10.6 Å². The van der Waals surface area contributed by atoms with Gasteiger partial charge in [-0.2, -0.15) is 0 Å². The molecule has 0 spiro atoms. The smallest absolute Gasteiger partial charge is 0.242 e. The van der Waals surface area contributed by atoms with E-state index in [0.717, 1.165) is 11.0 Å². The van der Waals surface area contributed by atoms with Crippen LogP contribution in [0.1, 0.15) is 20.3 Å². The number of hydrogen-bond donors (Lipinski definition) is 2. The van der Waals surface area contributed by atoms with E-state index >= 15 is 0 Å². The molecule has 5 heteroatoms. The summed E-state index contributed by atoms with van der Waals surface area (Å²) in [5.41, 5.74) is 0. The summed E-state index contributed by atoms with van der Waals surface area (Å²) in [7, 11) is 0. The molecule has 2 heterocycles. The maximum Gasteiger partial charge on any atom is 0.242 e. The summed E-state index contributed by atoms with van der Waals surface area (Å²) in [5.74, 6) is 1.10. The number of carbonyl (C=O) groups excluding carboxylic acids is 1. The zero-order chi connectivity index (χ0) is 12.4. The Kier molecular flexibility index (Phi) is 3.79. The predicted octanol–water partition coefficient (Wildman–Crippen LogP) is 2.17. The van der Waals surface area contributed by atoms with Gasteiger partial charge in [0.25, 0.3) is 0 Å². The molecule has 1 amide bonds. The van der Waals surface area contributed by atoms with Crippen molar-refractivity contribution in [3.63, 3.8) is 0 Å².